The molecule has 0 radical (unpaired) electrons. The van der Waals surface area contributed by atoms with E-state index in [9.17, 15) is 9.59 Å². The van der Waals surface area contributed by atoms with Crippen molar-refractivity contribution < 1.29 is 9.59 Å². The van der Waals surface area contributed by atoms with Crippen molar-refractivity contribution in [3.63, 3.8) is 0 Å². The van der Waals surface area contributed by atoms with Gasteiger partial charge in [-0.15, -0.1) is 0 Å². The predicted molar refractivity (Wildman–Crippen MR) is 104 cm³/mol. The normalized spacial score (nSPS) is 19.1. The van der Waals surface area contributed by atoms with Gasteiger partial charge in [-0.1, -0.05) is 44.6 Å². The fraction of sp³-hybridized carbons (Fsp3) is 0.636. The summed E-state index contributed by atoms with van der Waals surface area (Å²) in [5, 5.41) is 6.10. The largest absolute Gasteiger partial charge is 0.352 e. The Balaban J connectivity index is 1.49. The number of rotatable bonds is 6. The lowest BCUT2D eigenvalue weighted by Crippen LogP contribution is -2.31. The first kappa shape index (κ1) is 18.9. The molecule has 0 spiro atoms. The zero-order valence-corrected chi connectivity index (χ0v) is 15.8. The molecule has 0 saturated heterocycles. The molecule has 4 nitrogen and oxygen atoms in total. The minimum Gasteiger partial charge on any atom is -0.352 e. The molecule has 0 heterocycles. The quantitative estimate of drug-likeness (QED) is 0.798. The highest BCUT2D eigenvalue weighted by Crippen LogP contribution is 2.23. The summed E-state index contributed by atoms with van der Waals surface area (Å²) in [5.41, 5.74) is 1.15. The predicted octanol–water partition coefficient (Wildman–Crippen LogP) is 4.31. The van der Waals surface area contributed by atoms with Crippen LogP contribution in [0.1, 0.15) is 84.9 Å². The Kier molecular flexibility index (Phi) is 7.10. The van der Waals surface area contributed by atoms with Crippen LogP contribution in [0.5, 0.6) is 0 Å². The maximum Gasteiger partial charge on any atom is 0.251 e. The molecular weight excluding hydrogens is 324 g/mol. The minimum atomic E-state index is -0.0718. The number of hydrogen-bond acceptors (Lipinski definition) is 2. The SMILES string of the molecule is O=C(NCC1CCCCC1)c1cccc(C(=O)NCC2CCCCC2)c1. The smallest absolute Gasteiger partial charge is 0.251 e. The summed E-state index contributed by atoms with van der Waals surface area (Å²) in [7, 11) is 0. The molecule has 0 atom stereocenters. The molecule has 142 valence electrons. The Morgan fingerprint density at radius 1 is 0.731 bits per heavy atom. The lowest BCUT2D eigenvalue weighted by Gasteiger charge is -2.22. The third kappa shape index (κ3) is 5.58. The second-order valence-corrected chi connectivity index (χ2v) is 8.01. The first-order chi connectivity index (χ1) is 12.7. The summed E-state index contributed by atoms with van der Waals surface area (Å²) in [5.74, 6) is 1.07. The van der Waals surface area contributed by atoms with E-state index in [0.717, 1.165) is 13.1 Å². The van der Waals surface area contributed by atoms with Gasteiger partial charge >= 0.3 is 0 Å². The lowest BCUT2D eigenvalue weighted by atomic mass is 9.89. The second-order valence-electron chi connectivity index (χ2n) is 8.01. The van der Waals surface area contributed by atoms with Crippen molar-refractivity contribution >= 4 is 11.8 Å². The van der Waals surface area contributed by atoms with Crippen molar-refractivity contribution in [2.75, 3.05) is 13.1 Å². The monoisotopic (exact) mass is 356 g/mol. The number of nitrogens with one attached hydrogen (secondary N) is 2. The molecule has 2 saturated carbocycles. The Labute approximate surface area is 157 Å². The molecule has 4 heteroatoms. The van der Waals surface area contributed by atoms with Gasteiger partial charge in [0.2, 0.25) is 0 Å². The molecule has 2 amide bonds. The summed E-state index contributed by atoms with van der Waals surface area (Å²) in [6, 6.07) is 7.08. The molecule has 2 fully saturated rings. The Morgan fingerprint density at radius 3 is 1.58 bits per heavy atom. The molecule has 2 N–H and O–H groups in total. The Morgan fingerprint density at radius 2 is 1.15 bits per heavy atom. The first-order valence-electron chi connectivity index (χ1n) is 10.4. The van der Waals surface area contributed by atoms with E-state index in [1.54, 1.807) is 24.3 Å². The Bertz CT molecular complexity index is 553. The molecule has 1 aromatic rings. The zero-order valence-electron chi connectivity index (χ0n) is 15.8. The molecule has 0 bridgehead atoms. The molecule has 3 rings (SSSR count). The number of carbonyl (C=O) groups excluding carboxylic acids is 2. The molecule has 0 aromatic heterocycles. The maximum absolute atomic E-state index is 12.4. The van der Waals surface area contributed by atoms with Crippen molar-refractivity contribution in [2.45, 2.75) is 64.2 Å². The van der Waals surface area contributed by atoms with E-state index in [2.05, 4.69) is 10.6 Å². The highest BCUT2D eigenvalue weighted by molar-refractivity contribution is 5.99. The van der Waals surface area contributed by atoms with E-state index in [4.69, 9.17) is 0 Å². The standard InChI is InChI=1S/C22H32N2O2/c25-21(23-15-17-8-3-1-4-9-17)19-12-7-13-20(14-19)22(26)24-16-18-10-5-2-6-11-18/h7,12-14,17-18H,1-6,8-11,15-16H2,(H,23,25)(H,24,26). The Hall–Kier alpha value is -1.84. The van der Waals surface area contributed by atoms with Crippen LogP contribution in [-0.2, 0) is 0 Å². The molecule has 2 aliphatic carbocycles. The van der Waals surface area contributed by atoms with Gasteiger partial charge in [0.05, 0.1) is 0 Å². The van der Waals surface area contributed by atoms with Crippen LogP contribution in [0.15, 0.2) is 24.3 Å². The van der Waals surface area contributed by atoms with Gasteiger partial charge in [-0.3, -0.25) is 9.59 Å². The van der Waals surface area contributed by atoms with Crippen LogP contribution in [0.3, 0.4) is 0 Å². The first-order valence-corrected chi connectivity index (χ1v) is 10.4. The van der Waals surface area contributed by atoms with Crippen LogP contribution in [0.2, 0.25) is 0 Å². The number of carbonyl (C=O) groups is 2. The van der Waals surface area contributed by atoms with Gasteiger partial charge in [0, 0.05) is 24.2 Å². The van der Waals surface area contributed by atoms with Crippen molar-refractivity contribution in [3.8, 4) is 0 Å². The van der Waals surface area contributed by atoms with Gasteiger partial charge in [-0.05, 0) is 55.7 Å². The van der Waals surface area contributed by atoms with Crippen molar-refractivity contribution in [1.29, 1.82) is 0 Å². The maximum atomic E-state index is 12.4. The van der Waals surface area contributed by atoms with Crippen LogP contribution in [-0.4, -0.2) is 24.9 Å². The molecular formula is C22H32N2O2. The van der Waals surface area contributed by atoms with Crippen molar-refractivity contribution in [1.82, 2.24) is 10.6 Å². The fourth-order valence-electron chi connectivity index (χ4n) is 4.26. The van der Waals surface area contributed by atoms with Crippen LogP contribution >= 0.6 is 0 Å². The molecule has 1 aromatic carbocycles. The third-order valence-corrected chi connectivity index (χ3v) is 5.94. The van der Waals surface area contributed by atoms with Crippen LogP contribution < -0.4 is 10.6 Å². The molecule has 0 aliphatic heterocycles. The second kappa shape index (κ2) is 9.75. The van der Waals surface area contributed by atoms with Crippen LogP contribution in [0, 0.1) is 11.8 Å². The average molecular weight is 357 g/mol. The summed E-state index contributed by atoms with van der Waals surface area (Å²) >= 11 is 0. The summed E-state index contributed by atoms with van der Waals surface area (Å²) < 4.78 is 0. The van der Waals surface area contributed by atoms with E-state index in [1.165, 1.54) is 64.2 Å². The van der Waals surface area contributed by atoms with Crippen LogP contribution in [0.25, 0.3) is 0 Å². The van der Waals surface area contributed by atoms with E-state index in [1.807, 2.05) is 0 Å². The van der Waals surface area contributed by atoms with Crippen molar-refractivity contribution in [3.05, 3.63) is 35.4 Å². The van der Waals surface area contributed by atoms with Gasteiger partial charge in [0.25, 0.3) is 11.8 Å². The summed E-state index contributed by atoms with van der Waals surface area (Å²) in [6.45, 7) is 1.49. The minimum absolute atomic E-state index is 0.0718. The molecule has 2 aliphatic rings. The lowest BCUT2D eigenvalue weighted by molar-refractivity contribution is 0.0943. The van der Waals surface area contributed by atoms with Gasteiger partial charge in [-0.25, -0.2) is 0 Å². The third-order valence-electron chi connectivity index (χ3n) is 5.94. The van der Waals surface area contributed by atoms with Gasteiger partial charge < -0.3 is 10.6 Å². The number of benzene rings is 1. The summed E-state index contributed by atoms with van der Waals surface area (Å²) in [4.78, 5) is 24.8. The van der Waals surface area contributed by atoms with Crippen molar-refractivity contribution in [2.24, 2.45) is 11.8 Å². The number of amides is 2. The van der Waals surface area contributed by atoms with E-state index in [-0.39, 0.29) is 11.8 Å². The average Bonchev–Trinajstić information content (AvgIpc) is 2.72. The van der Waals surface area contributed by atoms with Gasteiger partial charge in [-0.2, -0.15) is 0 Å². The number of hydrogen-bond donors (Lipinski definition) is 2. The van der Waals surface area contributed by atoms with Gasteiger partial charge in [0.1, 0.15) is 0 Å². The summed E-state index contributed by atoms with van der Waals surface area (Å²) in [6.07, 6.45) is 12.6. The highest BCUT2D eigenvalue weighted by atomic mass is 16.2. The van der Waals surface area contributed by atoms with E-state index >= 15 is 0 Å². The molecule has 0 unspecified atom stereocenters. The zero-order chi connectivity index (χ0) is 18.2. The topological polar surface area (TPSA) is 58.2 Å². The molecule has 26 heavy (non-hydrogen) atoms. The van der Waals surface area contributed by atoms with Gasteiger partial charge in [0.15, 0.2) is 0 Å². The fourth-order valence-corrected chi connectivity index (χ4v) is 4.26. The van der Waals surface area contributed by atoms with E-state index < -0.39 is 0 Å². The highest BCUT2D eigenvalue weighted by Gasteiger charge is 2.17. The van der Waals surface area contributed by atoms with Crippen LogP contribution in [0.4, 0.5) is 0 Å². The van der Waals surface area contributed by atoms with E-state index in [0.29, 0.717) is 23.0 Å².